The third-order valence-corrected chi connectivity index (χ3v) is 4.31. The largest absolute Gasteiger partial charge is 0.347 e. The van der Waals surface area contributed by atoms with Gasteiger partial charge in [-0.3, -0.25) is 0 Å². The first-order chi connectivity index (χ1) is 7.30. The van der Waals surface area contributed by atoms with Crippen LogP contribution < -0.4 is 0 Å². The van der Waals surface area contributed by atoms with Gasteiger partial charge in [0.25, 0.3) is 0 Å². The highest BCUT2D eigenvalue weighted by Gasteiger charge is 2.50. The first kappa shape index (κ1) is 9.86. The lowest BCUT2D eigenvalue weighted by Gasteiger charge is -2.46. The van der Waals surface area contributed by atoms with Gasteiger partial charge in [0.05, 0.1) is 13.2 Å². The highest BCUT2D eigenvalue weighted by atomic mass is 16.7. The van der Waals surface area contributed by atoms with Crippen molar-refractivity contribution in [2.75, 3.05) is 13.2 Å². The molecule has 0 bridgehead atoms. The maximum atomic E-state index is 5.93. The molecule has 2 fully saturated rings. The molecule has 2 nitrogen and oxygen atoms in total. The minimum atomic E-state index is -0.194. The zero-order chi connectivity index (χ0) is 10.3. The summed E-state index contributed by atoms with van der Waals surface area (Å²) in [5.41, 5.74) is 1.56. The van der Waals surface area contributed by atoms with E-state index in [-0.39, 0.29) is 5.79 Å². The van der Waals surface area contributed by atoms with E-state index in [0.29, 0.717) is 5.92 Å². The summed E-state index contributed by atoms with van der Waals surface area (Å²) in [6, 6.07) is 0. The molecule has 0 aromatic rings. The predicted molar refractivity (Wildman–Crippen MR) is 58.5 cm³/mol. The Labute approximate surface area is 91.6 Å². The molecule has 1 heterocycles. The van der Waals surface area contributed by atoms with Crippen molar-refractivity contribution in [3.8, 4) is 0 Å². The van der Waals surface area contributed by atoms with E-state index < -0.39 is 0 Å². The summed E-state index contributed by atoms with van der Waals surface area (Å²) >= 11 is 0. The van der Waals surface area contributed by atoms with Gasteiger partial charge in [-0.25, -0.2) is 0 Å². The number of rotatable bonds is 0. The molecular formula is C13H20O2. The Balaban J connectivity index is 1.86. The highest BCUT2D eigenvalue weighted by molar-refractivity contribution is 5.09. The molecule has 84 valence electrons. The second-order valence-corrected chi connectivity index (χ2v) is 5.26. The fourth-order valence-electron chi connectivity index (χ4n) is 3.63. The number of hydrogen-bond acceptors (Lipinski definition) is 2. The molecule has 0 radical (unpaired) electrons. The van der Waals surface area contributed by atoms with Gasteiger partial charge in [-0.1, -0.05) is 11.6 Å². The quantitative estimate of drug-likeness (QED) is 0.570. The van der Waals surface area contributed by atoms with Gasteiger partial charge in [-0.05, 0) is 38.5 Å². The number of fused-ring (bicyclic) bond motifs is 2. The summed E-state index contributed by atoms with van der Waals surface area (Å²) in [4.78, 5) is 0. The lowest BCUT2D eigenvalue weighted by atomic mass is 9.68. The third-order valence-electron chi connectivity index (χ3n) is 4.31. The first-order valence-corrected chi connectivity index (χ1v) is 6.24. The highest BCUT2D eigenvalue weighted by Crippen LogP contribution is 2.49. The number of hydrogen-bond donors (Lipinski definition) is 0. The van der Waals surface area contributed by atoms with Gasteiger partial charge in [0.2, 0.25) is 0 Å². The maximum Gasteiger partial charge on any atom is 0.171 e. The van der Waals surface area contributed by atoms with Gasteiger partial charge >= 0.3 is 0 Å². The zero-order valence-corrected chi connectivity index (χ0v) is 9.50. The normalized spacial score (nSPS) is 38.9. The van der Waals surface area contributed by atoms with E-state index in [9.17, 15) is 0 Å². The van der Waals surface area contributed by atoms with Gasteiger partial charge in [-0.2, -0.15) is 0 Å². The Kier molecular flexibility index (Phi) is 2.37. The molecule has 2 atom stereocenters. The van der Waals surface area contributed by atoms with Crippen LogP contribution in [0.5, 0.6) is 0 Å². The van der Waals surface area contributed by atoms with E-state index in [1.807, 2.05) is 0 Å². The average Bonchev–Trinajstić information content (AvgIpc) is 2.67. The van der Waals surface area contributed by atoms with E-state index in [1.54, 1.807) is 5.57 Å². The van der Waals surface area contributed by atoms with E-state index in [0.717, 1.165) is 32.0 Å². The van der Waals surface area contributed by atoms with Crippen LogP contribution in [0.15, 0.2) is 11.6 Å². The molecule has 0 amide bonds. The third kappa shape index (κ3) is 1.55. The molecule has 15 heavy (non-hydrogen) atoms. The Morgan fingerprint density at radius 3 is 2.93 bits per heavy atom. The van der Waals surface area contributed by atoms with Crippen molar-refractivity contribution in [2.45, 2.75) is 44.8 Å². The van der Waals surface area contributed by atoms with Crippen LogP contribution in [0.25, 0.3) is 0 Å². The average molecular weight is 208 g/mol. The van der Waals surface area contributed by atoms with E-state index in [4.69, 9.17) is 9.47 Å². The zero-order valence-electron chi connectivity index (χ0n) is 9.50. The van der Waals surface area contributed by atoms with Gasteiger partial charge in [-0.15, -0.1) is 0 Å². The monoisotopic (exact) mass is 208 g/mol. The molecule has 3 aliphatic rings. The Bertz CT molecular complexity index is 276. The van der Waals surface area contributed by atoms with Crippen LogP contribution in [-0.4, -0.2) is 19.0 Å². The smallest absolute Gasteiger partial charge is 0.171 e. The van der Waals surface area contributed by atoms with Crippen molar-refractivity contribution < 1.29 is 9.47 Å². The SMILES string of the molecule is CC1=CC[C@@H]2[C@@H](CCCC23OCCO3)C1. The molecule has 2 aliphatic carbocycles. The summed E-state index contributed by atoms with van der Waals surface area (Å²) in [7, 11) is 0. The molecule has 3 rings (SSSR count). The predicted octanol–water partition coefficient (Wildman–Crippen LogP) is 2.89. The van der Waals surface area contributed by atoms with Crippen LogP contribution in [0.3, 0.4) is 0 Å². The van der Waals surface area contributed by atoms with Crippen LogP contribution in [0.1, 0.15) is 39.0 Å². The van der Waals surface area contributed by atoms with Crippen LogP contribution in [0.2, 0.25) is 0 Å². The van der Waals surface area contributed by atoms with Crippen LogP contribution in [0, 0.1) is 11.8 Å². The van der Waals surface area contributed by atoms with Crippen LogP contribution >= 0.6 is 0 Å². The Hall–Kier alpha value is -0.340. The van der Waals surface area contributed by atoms with Crippen molar-refractivity contribution in [2.24, 2.45) is 11.8 Å². The lowest BCUT2D eigenvalue weighted by molar-refractivity contribution is -0.226. The fraction of sp³-hybridized carbons (Fsp3) is 0.846. The first-order valence-electron chi connectivity index (χ1n) is 6.24. The van der Waals surface area contributed by atoms with Crippen LogP contribution in [0.4, 0.5) is 0 Å². The second-order valence-electron chi connectivity index (χ2n) is 5.26. The molecule has 1 aliphatic heterocycles. The molecule has 0 unspecified atom stereocenters. The molecule has 0 aromatic heterocycles. The lowest BCUT2D eigenvalue weighted by Crippen LogP contribution is -2.47. The van der Waals surface area contributed by atoms with Crippen molar-refractivity contribution in [3.05, 3.63) is 11.6 Å². The topological polar surface area (TPSA) is 18.5 Å². The maximum absolute atomic E-state index is 5.93. The van der Waals surface area contributed by atoms with Gasteiger partial charge < -0.3 is 9.47 Å². The molecule has 1 spiro atoms. The van der Waals surface area contributed by atoms with E-state index in [1.165, 1.54) is 19.3 Å². The van der Waals surface area contributed by atoms with Crippen molar-refractivity contribution in [1.82, 2.24) is 0 Å². The molecule has 1 saturated carbocycles. The summed E-state index contributed by atoms with van der Waals surface area (Å²) < 4.78 is 11.9. The Morgan fingerprint density at radius 1 is 1.33 bits per heavy atom. The minimum Gasteiger partial charge on any atom is -0.347 e. The second kappa shape index (κ2) is 3.60. The number of allylic oxidation sites excluding steroid dienone is 2. The van der Waals surface area contributed by atoms with Gasteiger partial charge in [0, 0.05) is 12.3 Å². The standard InChI is InChI=1S/C13H20O2/c1-10-4-5-12-11(9-10)3-2-6-13(12)14-7-8-15-13/h4,11-12H,2-3,5-9H2,1H3/t11-,12+/m0/s1. The number of ether oxygens (including phenoxy) is 2. The summed E-state index contributed by atoms with van der Waals surface area (Å²) in [5.74, 6) is 1.24. The molecule has 2 heteroatoms. The molecular weight excluding hydrogens is 188 g/mol. The van der Waals surface area contributed by atoms with Gasteiger partial charge in [0.15, 0.2) is 5.79 Å². The van der Waals surface area contributed by atoms with Crippen molar-refractivity contribution in [1.29, 1.82) is 0 Å². The Morgan fingerprint density at radius 2 is 2.13 bits per heavy atom. The van der Waals surface area contributed by atoms with Gasteiger partial charge in [0.1, 0.15) is 0 Å². The molecule has 1 saturated heterocycles. The minimum absolute atomic E-state index is 0.194. The molecule has 0 N–H and O–H groups in total. The molecule has 0 aromatic carbocycles. The van der Waals surface area contributed by atoms with Crippen molar-refractivity contribution >= 4 is 0 Å². The van der Waals surface area contributed by atoms with E-state index >= 15 is 0 Å². The van der Waals surface area contributed by atoms with Crippen molar-refractivity contribution in [3.63, 3.8) is 0 Å². The summed E-state index contributed by atoms with van der Waals surface area (Å²) in [6.45, 7) is 3.85. The fourth-order valence-corrected chi connectivity index (χ4v) is 3.63. The van der Waals surface area contributed by atoms with Crippen LogP contribution in [-0.2, 0) is 9.47 Å². The van der Waals surface area contributed by atoms with E-state index in [2.05, 4.69) is 13.0 Å². The summed E-state index contributed by atoms with van der Waals surface area (Å²) in [5, 5.41) is 0. The summed E-state index contributed by atoms with van der Waals surface area (Å²) in [6.07, 6.45) is 8.56.